The smallest absolute Gasteiger partial charge is 0.253 e. The average molecular weight is 364 g/mol. The predicted molar refractivity (Wildman–Crippen MR) is 92.0 cm³/mol. The lowest BCUT2D eigenvalue weighted by Crippen LogP contribution is -2.54. The lowest BCUT2D eigenvalue weighted by atomic mass is 9.92. The third kappa shape index (κ3) is 4.00. The van der Waals surface area contributed by atoms with E-state index in [1.165, 1.54) is 17.0 Å². The Labute approximate surface area is 149 Å². The van der Waals surface area contributed by atoms with Crippen LogP contribution in [0, 0.1) is 5.82 Å². The highest BCUT2D eigenvalue weighted by atomic mass is 19.1. The Kier molecular flexibility index (Phi) is 5.48. The van der Waals surface area contributed by atoms with Gasteiger partial charge in [0, 0.05) is 18.3 Å². The van der Waals surface area contributed by atoms with Crippen molar-refractivity contribution in [2.45, 2.75) is 31.3 Å². The molecule has 2 aliphatic rings. The van der Waals surface area contributed by atoms with Crippen LogP contribution in [-0.4, -0.2) is 49.6 Å². The minimum atomic E-state index is -1.22. The number of anilines is 2. The Morgan fingerprint density at radius 1 is 1.35 bits per heavy atom. The molecule has 3 amide bonds. The number of hydrogen-bond donors (Lipinski definition) is 3. The lowest BCUT2D eigenvalue weighted by Gasteiger charge is -2.29. The summed E-state index contributed by atoms with van der Waals surface area (Å²) in [5.41, 5.74) is 5.58. The average Bonchev–Trinajstić information content (AvgIpc) is 2.55. The first-order valence-corrected chi connectivity index (χ1v) is 8.49. The van der Waals surface area contributed by atoms with E-state index < -0.39 is 23.7 Å². The molecule has 1 aromatic carbocycles. The van der Waals surface area contributed by atoms with E-state index in [-0.39, 0.29) is 24.2 Å². The summed E-state index contributed by atoms with van der Waals surface area (Å²) in [6, 6.07) is 2.89. The van der Waals surface area contributed by atoms with Gasteiger partial charge in [-0.1, -0.05) is 6.42 Å². The molecule has 1 aromatic rings. The summed E-state index contributed by atoms with van der Waals surface area (Å²) in [5.74, 6) is -2.49. The molecule has 0 radical (unpaired) electrons. The second-order valence-electron chi connectivity index (χ2n) is 6.38. The number of halogens is 1. The van der Waals surface area contributed by atoms with Crippen molar-refractivity contribution in [2.24, 2.45) is 5.73 Å². The molecule has 2 fully saturated rings. The number of hydrogen-bond acceptors (Lipinski definition) is 5. The van der Waals surface area contributed by atoms with Crippen LogP contribution < -0.4 is 21.3 Å². The fourth-order valence-electron chi connectivity index (χ4n) is 2.87. The van der Waals surface area contributed by atoms with Gasteiger partial charge in [0.25, 0.3) is 11.8 Å². The molecule has 1 aliphatic carbocycles. The van der Waals surface area contributed by atoms with Gasteiger partial charge in [-0.15, -0.1) is 0 Å². The summed E-state index contributed by atoms with van der Waals surface area (Å²) < 4.78 is 19.4. The van der Waals surface area contributed by atoms with E-state index in [1.54, 1.807) is 0 Å². The maximum absolute atomic E-state index is 14.4. The van der Waals surface area contributed by atoms with Gasteiger partial charge in [0.2, 0.25) is 5.91 Å². The number of nitrogens with one attached hydrogen (secondary N) is 2. The largest absolute Gasteiger partial charge is 0.370 e. The second-order valence-corrected chi connectivity index (χ2v) is 6.38. The van der Waals surface area contributed by atoms with Crippen LogP contribution in [0.1, 0.15) is 19.3 Å². The van der Waals surface area contributed by atoms with Crippen LogP contribution >= 0.6 is 0 Å². The number of nitrogens with two attached hydrogens (primary N) is 1. The zero-order valence-electron chi connectivity index (χ0n) is 14.2. The molecule has 26 heavy (non-hydrogen) atoms. The number of carbonyl (C=O) groups excluding carboxylic acids is 3. The van der Waals surface area contributed by atoms with E-state index in [0.717, 1.165) is 25.3 Å². The van der Waals surface area contributed by atoms with E-state index >= 15 is 0 Å². The number of benzene rings is 1. The molecule has 9 heteroatoms. The third-order valence-electron chi connectivity index (χ3n) is 4.56. The maximum atomic E-state index is 14.4. The van der Waals surface area contributed by atoms with Crippen LogP contribution in [0.4, 0.5) is 15.8 Å². The first-order valence-electron chi connectivity index (χ1n) is 8.49. The molecule has 8 nitrogen and oxygen atoms in total. The van der Waals surface area contributed by atoms with E-state index in [1.807, 2.05) is 0 Å². The minimum absolute atomic E-state index is 0.0484. The summed E-state index contributed by atoms with van der Waals surface area (Å²) in [5, 5.41) is 5.27. The highest BCUT2D eigenvalue weighted by Crippen LogP contribution is 2.24. The summed E-state index contributed by atoms with van der Waals surface area (Å²) in [7, 11) is 0. The molecule has 140 valence electrons. The molecule has 1 atom stereocenters. The van der Waals surface area contributed by atoms with Crippen molar-refractivity contribution >= 4 is 29.1 Å². The Hall–Kier alpha value is -2.52. The van der Waals surface area contributed by atoms with Gasteiger partial charge in [0.1, 0.15) is 12.4 Å². The molecular weight excluding hydrogens is 343 g/mol. The SMILES string of the molecule is NC(=O)[C@H](NC1CCC1)C(=O)Nc1ccc(N2CCOCC2=O)cc1F. The zero-order valence-corrected chi connectivity index (χ0v) is 14.2. The fourth-order valence-corrected chi connectivity index (χ4v) is 2.87. The van der Waals surface area contributed by atoms with Crippen LogP contribution in [-0.2, 0) is 19.1 Å². The first-order chi connectivity index (χ1) is 12.5. The van der Waals surface area contributed by atoms with Gasteiger partial charge in [-0.2, -0.15) is 0 Å². The Bertz CT molecular complexity index is 723. The van der Waals surface area contributed by atoms with Gasteiger partial charge in [0.15, 0.2) is 6.04 Å². The van der Waals surface area contributed by atoms with Gasteiger partial charge in [-0.25, -0.2) is 4.39 Å². The Morgan fingerprint density at radius 3 is 2.69 bits per heavy atom. The number of ether oxygens (including phenoxy) is 1. The number of nitrogens with zero attached hydrogens (tertiary/aromatic N) is 1. The van der Waals surface area contributed by atoms with E-state index in [9.17, 15) is 18.8 Å². The van der Waals surface area contributed by atoms with Gasteiger partial charge in [0.05, 0.1) is 12.3 Å². The van der Waals surface area contributed by atoms with E-state index in [0.29, 0.717) is 18.8 Å². The highest BCUT2D eigenvalue weighted by Gasteiger charge is 2.30. The van der Waals surface area contributed by atoms with Crippen LogP contribution in [0.5, 0.6) is 0 Å². The van der Waals surface area contributed by atoms with E-state index in [4.69, 9.17) is 10.5 Å². The van der Waals surface area contributed by atoms with Gasteiger partial charge in [-0.05, 0) is 31.0 Å². The summed E-state index contributed by atoms with van der Waals surface area (Å²) in [6.07, 6.45) is 2.77. The van der Waals surface area contributed by atoms with Crippen molar-refractivity contribution < 1.29 is 23.5 Å². The number of primary amides is 1. The lowest BCUT2D eigenvalue weighted by molar-refractivity contribution is -0.128. The van der Waals surface area contributed by atoms with Crippen LogP contribution in [0.2, 0.25) is 0 Å². The Morgan fingerprint density at radius 2 is 2.12 bits per heavy atom. The number of morpholine rings is 1. The third-order valence-corrected chi connectivity index (χ3v) is 4.56. The number of amides is 3. The predicted octanol–water partition coefficient (Wildman–Crippen LogP) is 0.123. The summed E-state index contributed by atoms with van der Waals surface area (Å²) in [6.45, 7) is 0.658. The molecule has 1 heterocycles. The minimum Gasteiger partial charge on any atom is -0.370 e. The number of carbonyl (C=O) groups is 3. The van der Waals surface area contributed by atoms with Crippen LogP contribution in [0.15, 0.2) is 18.2 Å². The molecule has 0 unspecified atom stereocenters. The molecule has 0 bridgehead atoms. The molecule has 4 N–H and O–H groups in total. The fraction of sp³-hybridized carbons (Fsp3) is 0.471. The summed E-state index contributed by atoms with van der Waals surface area (Å²) >= 11 is 0. The van der Waals surface area contributed by atoms with E-state index in [2.05, 4.69) is 10.6 Å². The van der Waals surface area contributed by atoms with Crippen molar-refractivity contribution in [2.75, 3.05) is 30.0 Å². The normalized spacial score (nSPS) is 19.0. The van der Waals surface area contributed by atoms with Crippen molar-refractivity contribution in [3.8, 4) is 0 Å². The molecule has 1 saturated carbocycles. The standard InChI is InChI=1S/C17H21FN4O4/c18-12-8-11(22-6-7-26-9-14(22)23)4-5-13(12)21-17(25)15(16(19)24)20-10-2-1-3-10/h4-5,8,10,15,20H,1-3,6-7,9H2,(H2,19,24)(H,21,25)/t15-/m0/s1. The van der Waals surface area contributed by atoms with Crippen molar-refractivity contribution in [3.63, 3.8) is 0 Å². The molecular formula is C17H21FN4O4. The molecule has 0 spiro atoms. The number of rotatable bonds is 6. The zero-order chi connectivity index (χ0) is 18.7. The topological polar surface area (TPSA) is 114 Å². The monoisotopic (exact) mass is 364 g/mol. The highest BCUT2D eigenvalue weighted by molar-refractivity contribution is 6.09. The molecule has 1 saturated heterocycles. The van der Waals surface area contributed by atoms with Gasteiger partial charge >= 0.3 is 0 Å². The van der Waals surface area contributed by atoms with Crippen molar-refractivity contribution in [1.29, 1.82) is 0 Å². The van der Waals surface area contributed by atoms with Crippen LogP contribution in [0.25, 0.3) is 0 Å². The van der Waals surface area contributed by atoms with Crippen molar-refractivity contribution in [1.82, 2.24) is 5.32 Å². The molecule has 0 aromatic heterocycles. The van der Waals surface area contributed by atoms with Gasteiger partial charge in [-0.3, -0.25) is 19.7 Å². The van der Waals surface area contributed by atoms with Crippen LogP contribution in [0.3, 0.4) is 0 Å². The van der Waals surface area contributed by atoms with Gasteiger partial charge < -0.3 is 20.7 Å². The van der Waals surface area contributed by atoms with Crippen molar-refractivity contribution in [3.05, 3.63) is 24.0 Å². The maximum Gasteiger partial charge on any atom is 0.253 e. The quantitative estimate of drug-likeness (QED) is 0.621. The first kappa shape index (κ1) is 18.3. The second kappa shape index (κ2) is 7.79. The summed E-state index contributed by atoms with van der Waals surface area (Å²) in [4.78, 5) is 37.1. The molecule has 1 aliphatic heterocycles. The Balaban J connectivity index is 1.69. The molecule has 3 rings (SSSR count).